The van der Waals surface area contributed by atoms with E-state index in [9.17, 15) is 0 Å². The maximum Gasteiger partial charge on any atom is 0.145 e. The van der Waals surface area contributed by atoms with Crippen LogP contribution in [0, 0.1) is 0 Å². The molecule has 0 aliphatic carbocycles. The van der Waals surface area contributed by atoms with Gasteiger partial charge in [0.1, 0.15) is 11.2 Å². The predicted octanol–water partition coefficient (Wildman–Crippen LogP) is 14.1. The number of fused-ring (bicyclic) bond motifs is 9. The Hall–Kier alpha value is -6.84. The van der Waals surface area contributed by atoms with Gasteiger partial charge in [0.05, 0.1) is 22.1 Å². The van der Waals surface area contributed by atoms with E-state index in [2.05, 4.69) is 205 Å². The molecule has 3 heterocycles. The van der Waals surface area contributed by atoms with Crippen molar-refractivity contribution in [1.82, 2.24) is 4.57 Å². The first-order chi connectivity index (χ1) is 26.5. The van der Waals surface area contributed by atoms with Gasteiger partial charge in [0.15, 0.2) is 0 Å². The summed E-state index contributed by atoms with van der Waals surface area (Å²) in [7, 11) is 0. The van der Waals surface area contributed by atoms with Crippen molar-refractivity contribution in [3.63, 3.8) is 0 Å². The molecule has 11 rings (SSSR count). The fourth-order valence-electron chi connectivity index (χ4n) is 8.89. The van der Waals surface area contributed by atoms with Crippen LogP contribution in [-0.2, 0) is 5.41 Å². The highest BCUT2D eigenvalue weighted by Crippen LogP contribution is 2.51. The average Bonchev–Trinajstić information content (AvgIpc) is 3.78. The second kappa shape index (κ2) is 11.6. The van der Waals surface area contributed by atoms with Crippen LogP contribution in [-0.4, -0.2) is 4.57 Å². The van der Waals surface area contributed by atoms with Crippen LogP contribution in [0.25, 0.3) is 71.7 Å². The average molecular weight is 693 g/mol. The lowest BCUT2D eigenvalue weighted by Gasteiger charge is -2.35. The van der Waals surface area contributed by atoms with Crippen LogP contribution in [0.15, 0.2) is 186 Å². The Labute approximate surface area is 314 Å². The fourth-order valence-corrected chi connectivity index (χ4v) is 8.89. The van der Waals surface area contributed by atoms with Crippen LogP contribution < -0.4 is 4.90 Å². The third-order valence-corrected chi connectivity index (χ3v) is 11.6. The number of aromatic nitrogens is 1. The molecule has 8 aromatic carbocycles. The van der Waals surface area contributed by atoms with Crippen molar-refractivity contribution in [1.29, 1.82) is 0 Å². The Morgan fingerprint density at radius 1 is 0.463 bits per heavy atom. The van der Waals surface area contributed by atoms with Crippen LogP contribution in [0.5, 0.6) is 0 Å². The van der Waals surface area contributed by atoms with Gasteiger partial charge in [-0.3, -0.25) is 0 Å². The van der Waals surface area contributed by atoms with Gasteiger partial charge >= 0.3 is 0 Å². The molecule has 0 saturated heterocycles. The number of hydrogen-bond donors (Lipinski definition) is 0. The molecule has 0 bridgehead atoms. The fraction of sp³-hybridized carbons (Fsp3) is 0.0588. The quantitative estimate of drug-likeness (QED) is 0.179. The number of furan rings is 1. The van der Waals surface area contributed by atoms with E-state index in [0.717, 1.165) is 33.6 Å². The molecule has 1 aliphatic rings. The standard InChI is InChI=1S/C51H36N2O/c1-51(2)43-30-25-36(31-46(43)53-45-19-11-9-18-41(45)48-49(53)44(51)32-42-40-17-10-12-20-47(40)54-50(42)48)35-23-28-39(29-24-35)52(37-15-7-4-8-16-37)38-26-21-34(22-27-38)33-13-5-3-6-14-33/h3-32H,1-2H3. The second-order valence-electron chi connectivity index (χ2n) is 15.0. The minimum atomic E-state index is -0.223. The number of hydrogen-bond acceptors (Lipinski definition) is 2. The first-order valence-corrected chi connectivity index (χ1v) is 18.7. The van der Waals surface area contributed by atoms with Gasteiger partial charge in [-0.2, -0.15) is 0 Å². The number of rotatable bonds is 5. The summed E-state index contributed by atoms with van der Waals surface area (Å²) in [4.78, 5) is 2.33. The summed E-state index contributed by atoms with van der Waals surface area (Å²) in [5, 5.41) is 4.76. The van der Waals surface area contributed by atoms with Crippen molar-refractivity contribution < 1.29 is 4.42 Å². The van der Waals surface area contributed by atoms with Crippen molar-refractivity contribution in [2.24, 2.45) is 0 Å². The summed E-state index contributed by atoms with van der Waals surface area (Å²) in [5.41, 5.74) is 16.1. The highest BCUT2D eigenvalue weighted by atomic mass is 16.3. The number of para-hydroxylation sites is 3. The lowest BCUT2D eigenvalue weighted by molar-refractivity contribution is 0.630. The third kappa shape index (κ3) is 4.48. The van der Waals surface area contributed by atoms with E-state index in [4.69, 9.17) is 4.42 Å². The van der Waals surface area contributed by atoms with Gasteiger partial charge in [0.25, 0.3) is 0 Å². The Kier molecular flexibility index (Phi) is 6.60. The lowest BCUT2D eigenvalue weighted by Crippen LogP contribution is -2.26. The molecule has 0 N–H and O–H groups in total. The molecule has 256 valence electrons. The highest BCUT2D eigenvalue weighted by Gasteiger charge is 2.37. The first kappa shape index (κ1) is 30.8. The number of nitrogens with zero attached hydrogens (tertiary/aromatic N) is 2. The summed E-state index contributed by atoms with van der Waals surface area (Å²) >= 11 is 0. The Bertz CT molecular complexity index is 3040. The van der Waals surface area contributed by atoms with Gasteiger partial charge in [-0.05, 0) is 94.0 Å². The Morgan fingerprint density at radius 2 is 1.02 bits per heavy atom. The van der Waals surface area contributed by atoms with E-state index in [1.807, 2.05) is 0 Å². The zero-order valence-corrected chi connectivity index (χ0v) is 30.1. The molecule has 0 radical (unpaired) electrons. The van der Waals surface area contributed by atoms with Crippen LogP contribution in [0.1, 0.15) is 25.0 Å². The van der Waals surface area contributed by atoms with Crippen molar-refractivity contribution in [3.8, 4) is 27.9 Å². The highest BCUT2D eigenvalue weighted by molar-refractivity contribution is 6.25. The summed E-state index contributed by atoms with van der Waals surface area (Å²) in [6.07, 6.45) is 0. The van der Waals surface area contributed by atoms with E-state index in [1.165, 1.54) is 66.3 Å². The third-order valence-electron chi connectivity index (χ3n) is 11.6. The maximum absolute atomic E-state index is 6.66. The van der Waals surface area contributed by atoms with E-state index in [0.29, 0.717) is 0 Å². The van der Waals surface area contributed by atoms with Gasteiger partial charge in [-0.25, -0.2) is 0 Å². The minimum Gasteiger partial charge on any atom is -0.455 e. The van der Waals surface area contributed by atoms with E-state index < -0.39 is 0 Å². The lowest BCUT2D eigenvalue weighted by atomic mass is 9.74. The molecule has 2 aromatic heterocycles. The van der Waals surface area contributed by atoms with Crippen LogP contribution >= 0.6 is 0 Å². The van der Waals surface area contributed by atoms with E-state index >= 15 is 0 Å². The molecule has 0 atom stereocenters. The van der Waals surface area contributed by atoms with Crippen LogP contribution in [0.3, 0.4) is 0 Å². The van der Waals surface area contributed by atoms with Gasteiger partial charge in [-0.1, -0.05) is 135 Å². The number of anilines is 3. The van der Waals surface area contributed by atoms with Crippen molar-refractivity contribution in [3.05, 3.63) is 193 Å². The monoisotopic (exact) mass is 692 g/mol. The first-order valence-electron chi connectivity index (χ1n) is 18.7. The van der Waals surface area contributed by atoms with Gasteiger partial charge < -0.3 is 13.9 Å². The smallest absolute Gasteiger partial charge is 0.145 e. The van der Waals surface area contributed by atoms with Gasteiger partial charge in [0.2, 0.25) is 0 Å². The molecule has 0 saturated carbocycles. The molecule has 0 fully saturated rings. The van der Waals surface area contributed by atoms with E-state index in [1.54, 1.807) is 0 Å². The van der Waals surface area contributed by atoms with Crippen molar-refractivity contribution in [2.45, 2.75) is 19.3 Å². The molecule has 0 amide bonds. The summed E-state index contributed by atoms with van der Waals surface area (Å²) in [6, 6.07) is 65.7. The molecule has 0 spiro atoms. The van der Waals surface area contributed by atoms with Crippen LogP contribution in [0.2, 0.25) is 0 Å². The molecular weight excluding hydrogens is 657 g/mol. The molecule has 1 aliphatic heterocycles. The maximum atomic E-state index is 6.66. The zero-order chi connectivity index (χ0) is 36.0. The normalized spacial score (nSPS) is 13.1. The summed E-state index contributed by atoms with van der Waals surface area (Å²) < 4.78 is 9.15. The number of benzene rings is 8. The van der Waals surface area contributed by atoms with E-state index in [-0.39, 0.29) is 5.41 Å². The summed E-state index contributed by atoms with van der Waals surface area (Å²) in [5.74, 6) is 0. The predicted molar refractivity (Wildman–Crippen MR) is 226 cm³/mol. The Morgan fingerprint density at radius 3 is 1.74 bits per heavy atom. The minimum absolute atomic E-state index is 0.223. The molecular formula is C51H36N2O. The largest absolute Gasteiger partial charge is 0.455 e. The SMILES string of the molecule is CC1(C)c2ccc(-c3ccc(N(c4ccccc4)c4ccc(-c5ccccc5)cc4)cc3)cc2-n2c3ccccc3c3c4oc5ccccc5c4cc1c32. The Balaban J connectivity index is 1.04. The molecule has 0 unspecified atom stereocenters. The summed E-state index contributed by atoms with van der Waals surface area (Å²) in [6.45, 7) is 4.74. The zero-order valence-electron chi connectivity index (χ0n) is 30.1. The van der Waals surface area contributed by atoms with Gasteiger partial charge in [-0.15, -0.1) is 0 Å². The molecule has 54 heavy (non-hydrogen) atoms. The van der Waals surface area contributed by atoms with Crippen molar-refractivity contribution >= 4 is 60.8 Å². The molecule has 3 heteroatoms. The second-order valence-corrected chi connectivity index (χ2v) is 15.0. The van der Waals surface area contributed by atoms with Gasteiger partial charge in [0, 0.05) is 38.6 Å². The molecule has 10 aromatic rings. The molecule has 3 nitrogen and oxygen atoms in total. The van der Waals surface area contributed by atoms with Crippen LogP contribution in [0.4, 0.5) is 17.1 Å². The topological polar surface area (TPSA) is 21.3 Å². The van der Waals surface area contributed by atoms with Crippen molar-refractivity contribution in [2.75, 3.05) is 4.90 Å².